The highest BCUT2D eigenvalue weighted by Crippen LogP contribution is 2.34. The van der Waals surface area contributed by atoms with Gasteiger partial charge in [0, 0.05) is 25.0 Å². The van der Waals surface area contributed by atoms with Crippen molar-refractivity contribution in [2.45, 2.75) is 32.8 Å². The second-order valence-corrected chi connectivity index (χ2v) is 6.14. The molecule has 1 aromatic carbocycles. The third-order valence-corrected chi connectivity index (χ3v) is 4.69. The summed E-state index contributed by atoms with van der Waals surface area (Å²) in [6.45, 7) is 5.31. The predicted molar refractivity (Wildman–Crippen MR) is 80.6 cm³/mol. The highest BCUT2D eigenvalue weighted by Gasteiger charge is 2.29. The van der Waals surface area contributed by atoms with Gasteiger partial charge in [0.1, 0.15) is 0 Å². The Morgan fingerprint density at radius 2 is 1.85 bits per heavy atom. The van der Waals surface area contributed by atoms with E-state index in [2.05, 4.69) is 6.92 Å². The molecule has 1 aliphatic rings. The maximum atomic E-state index is 11.3. The lowest BCUT2D eigenvalue weighted by atomic mass is 9.80. The lowest BCUT2D eigenvalue weighted by molar-refractivity contribution is -0.130. The molecule has 2 atom stereocenters. The van der Waals surface area contributed by atoms with Crippen molar-refractivity contribution in [2.24, 2.45) is 11.8 Å². The molecule has 1 aliphatic heterocycles. The summed E-state index contributed by atoms with van der Waals surface area (Å²) in [4.78, 5) is 13.2. The number of carbonyl (C=O) groups excluding carboxylic acids is 1. The van der Waals surface area contributed by atoms with Crippen LogP contribution in [0.4, 0.5) is 0 Å². The molecule has 1 amide bonds. The fraction of sp³-hybridized carbons (Fsp3) is 0.562. The molecule has 1 heterocycles. The second-order valence-electron chi connectivity index (χ2n) is 5.70. The van der Waals surface area contributed by atoms with Crippen molar-refractivity contribution >= 4 is 17.5 Å². The van der Waals surface area contributed by atoms with Crippen molar-refractivity contribution in [1.82, 2.24) is 4.90 Å². The van der Waals surface area contributed by atoms with Gasteiger partial charge < -0.3 is 10.0 Å². The Morgan fingerprint density at radius 3 is 2.35 bits per heavy atom. The number of benzene rings is 1. The molecule has 20 heavy (non-hydrogen) atoms. The van der Waals surface area contributed by atoms with E-state index in [0.717, 1.165) is 31.5 Å². The summed E-state index contributed by atoms with van der Waals surface area (Å²) in [7, 11) is 0. The van der Waals surface area contributed by atoms with Crippen molar-refractivity contribution in [1.29, 1.82) is 0 Å². The van der Waals surface area contributed by atoms with E-state index in [-0.39, 0.29) is 11.8 Å². The van der Waals surface area contributed by atoms with Gasteiger partial charge in [-0.15, -0.1) is 0 Å². The van der Waals surface area contributed by atoms with Crippen molar-refractivity contribution < 1.29 is 9.90 Å². The molecule has 0 unspecified atom stereocenters. The third kappa shape index (κ3) is 3.53. The van der Waals surface area contributed by atoms with Crippen molar-refractivity contribution in [3.05, 3.63) is 34.9 Å². The molecular weight excluding hydrogens is 274 g/mol. The summed E-state index contributed by atoms with van der Waals surface area (Å²) in [5.74, 6) is 0.788. The summed E-state index contributed by atoms with van der Waals surface area (Å²) in [6, 6.07) is 7.39. The van der Waals surface area contributed by atoms with Gasteiger partial charge in [-0.3, -0.25) is 4.79 Å². The average molecular weight is 296 g/mol. The number of hydrogen-bond acceptors (Lipinski definition) is 2. The third-order valence-electron chi connectivity index (χ3n) is 4.44. The summed E-state index contributed by atoms with van der Waals surface area (Å²) in [5, 5.41) is 11.2. The number of likely N-dealkylation sites (tertiary alicyclic amines) is 1. The van der Waals surface area contributed by atoms with E-state index in [1.54, 1.807) is 6.92 Å². The fourth-order valence-electron chi connectivity index (χ4n) is 2.96. The Bertz CT molecular complexity index is 452. The Labute approximate surface area is 125 Å². The quantitative estimate of drug-likeness (QED) is 0.930. The van der Waals surface area contributed by atoms with Crippen LogP contribution in [0.3, 0.4) is 0 Å². The van der Waals surface area contributed by atoms with E-state index >= 15 is 0 Å². The summed E-state index contributed by atoms with van der Waals surface area (Å²) < 4.78 is 0. The van der Waals surface area contributed by atoms with Crippen LogP contribution in [-0.4, -0.2) is 29.0 Å². The van der Waals surface area contributed by atoms with Gasteiger partial charge in [0.25, 0.3) is 0 Å². The van der Waals surface area contributed by atoms with Crippen molar-refractivity contribution in [3.8, 4) is 0 Å². The van der Waals surface area contributed by atoms with Gasteiger partial charge in [0.2, 0.25) is 5.91 Å². The van der Waals surface area contributed by atoms with Crippen LogP contribution in [-0.2, 0) is 4.79 Å². The first kappa shape index (κ1) is 15.3. The van der Waals surface area contributed by atoms with Crippen LogP contribution >= 0.6 is 11.6 Å². The molecule has 0 bridgehead atoms. The van der Waals surface area contributed by atoms with Crippen molar-refractivity contribution in [2.75, 3.05) is 13.1 Å². The van der Waals surface area contributed by atoms with Crippen LogP contribution in [0.5, 0.6) is 0 Å². The van der Waals surface area contributed by atoms with E-state index in [1.165, 1.54) is 0 Å². The lowest BCUT2D eigenvalue weighted by Gasteiger charge is -2.36. The summed E-state index contributed by atoms with van der Waals surface area (Å²) in [6.07, 6.45) is 1.46. The smallest absolute Gasteiger partial charge is 0.219 e. The standard InChI is InChI=1S/C16H22ClNO2/c1-11(13-7-9-18(10-8-13)12(2)19)16(20)14-3-5-15(17)6-4-14/h3-6,11,13,16,20H,7-10H2,1-2H3/t11-,16-/m1/s1. The molecule has 1 aromatic rings. The average Bonchev–Trinajstić information content (AvgIpc) is 2.46. The number of nitrogens with zero attached hydrogens (tertiary/aromatic N) is 1. The maximum absolute atomic E-state index is 11.3. The first-order valence-electron chi connectivity index (χ1n) is 7.18. The van der Waals surface area contributed by atoms with Crippen LogP contribution in [0.25, 0.3) is 0 Å². The van der Waals surface area contributed by atoms with Crippen LogP contribution in [0, 0.1) is 11.8 Å². The number of halogens is 1. The molecule has 3 nitrogen and oxygen atoms in total. The molecule has 0 radical (unpaired) electrons. The van der Waals surface area contributed by atoms with Crippen LogP contribution in [0.1, 0.15) is 38.4 Å². The minimum Gasteiger partial charge on any atom is -0.388 e. The Balaban J connectivity index is 1.96. The maximum Gasteiger partial charge on any atom is 0.219 e. The number of carbonyl (C=O) groups is 1. The molecule has 4 heteroatoms. The zero-order valence-corrected chi connectivity index (χ0v) is 12.8. The normalized spacial score (nSPS) is 19.7. The molecule has 0 aliphatic carbocycles. The number of aliphatic hydroxyl groups is 1. The zero-order chi connectivity index (χ0) is 14.7. The monoisotopic (exact) mass is 295 g/mol. The van der Waals surface area contributed by atoms with E-state index in [1.807, 2.05) is 29.2 Å². The summed E-state index contributed by atoms with van der Waals surface area (Å²) >= 11 is 5.87. The zero-order valence-electron chi connectivity index (χ0n) is 12.1. The first-order valence-corrected chi connectivity index (χ1v) is 7.56. The first-order chi connectivity index (χ1) is 9.49. The molecule has 1 fully saturated rings. The molecule has 1 N–H and O–H groups in total. The van der Waals surface area contributed by atoms with Crippen LogP contribution in [0.15, 0.2) is 24.3 Å². The molecular formula is C16H22ClNO2. The van der Waals surface area contributed by atoms with Crippen molar-refractivity contribution in [3.63, 3.8) is 0 Å². The SMILES string of the molecule is CC(=O)N1CCC([C@@H](C)[C@@H](O)c2ccc(Cl)cc2)CC1. The number of aliphatic hydroxyl groups excluding tert-OH is 1. The van der Waals surface area contributed by atoms with Crippen LogP contribution < -0.4 is 0 Å². The number of amides is 1. The highest BCUT2D eigenvalue weighted by atomic mass is 35.5. The minimum absolute atomic E-state index is 0.148. The van der Waals surface area contributed by atoms with Crippen LogP contribution in [0.2, 0.25) is 5.02 Å². The minimum atomic E-state index is -0.471. The van der Waals surface area contributed by atoms with Gasteiger partial charge in [-0.1, -0.05) is 30.7 Å². The Morgan fingerprint density at radius 1 is 1.30 bits per heavy atom. The highest BCUT2D eigenvalue weighted by molar-refractivity contribution is 6.30. The molecule has 0 aromatic heterocycles. The molecule has 2 rings (SSSR count). The molecule has 0 saturated carbocycles. The number of piperidine rings is 1. The van der Waals surface area contributed by atoms with E-state index in [4.69, 9.17) is 11.6 Å². The molecule has 0 spiro atoms. The predicted octanol–water partition coefficient (Wildman–Crippen LogP) is 3.27. The molecule has 110 valence electrons. The van der Waals surface area contributed by atoms with Gasteiger partial charge in [0.05, 0.1) is 6.10 Å². The van der Waals surface area contributed by atoms with E-state index in [0.29, 0.717) is 10.9 Å². The van der Waals surface area contributed by atoms with Gasteiger partial charge in [-0.25, -0.2) is 0 Å². The topological polar surface area (TPSA) is 40.5 Å². The Kier molecular flexibility index (Phi) is 5.06. The Hall–Kier alpha value is -1.06. The second kappa shape index (κ2) is 6.59. The van der Waals surface area contributed by atoms with Gasteiger partial charge >= 0.3 is 0 Å². The van der Waals surface area contributed by atoms with E-state index < -0.39 is 6.10 Å². The largest absolute Gasteiger partial charge is 0.388 e. The van der Waals surface area contributed by atoms with Gasteiger partial charge in [0.15, 0.2) is 0 Å². The number of hydrogen-bond donors (Lipinski definition) is 1. The van der Waals surface area contributed by atoms with E-state index in [9.17, 15) is 9.90 Å². The van der Waals surface area contributed by atoms with Gasteiger partial charge in [-0.05, 0) is 42.4 Å². The lowest BCUT2D eigenvalue weighted by Crippen LogP contribution is -2.39. The van der Waals surface area contributed by atoms with Gasteiger partial charge in [-0.2, -0.15) is 0 Å². The molecule has 1 saturated heterocycles. The number of rotatable bonds is 3. The fourth-order valence-corrected chi connectivity index (χ4v) is 3.09. The summed E-state index contributed by atoms with van der Waals surface area (Å²) in [5.41, 5.74) is 0.913.